The van der Waals surface area contributed by atoms with E-state index in [0.717, 1.165) is 0 Å². The van der Waals surface area contributed by atoms with Gasteiger partial charge in [-0.05, 0) is 6.07 Å². The number of nitriles is 1. The second-order valence-corrected chi connectivity index (χ2v) is 2.54. The number of nitrogens with zero attached hydrogens (tertiary/aromatic N) is 2. The lowest BCUT2D eigenvalue weighted by Gasteiger charge is -1.93. The Bertz CT molecular complexity index is 409. The molecular weight excluding hydrogens is 186 g/mol. The van der Waals surface area contributed by atoms with Gasteiger partial charge in [0.05, 0.1) is 12.1 Å². The molecule has 0 radical (unpaired) electrons. The van der Waals surface area contributed by atoms with Crippen LogP contribution in [0.3, 0.4) is 0 Å². The average Bonchev–Trinajstić information content (AvgIpc) is 2.16. The van der Waals surface area contributed by atoms with Crippen LogP contribution in [0.4, 0.5) is 0 Å². The number of nitrogens with two attached hydrogens (primary N) is 1. The van der Waals surface area contributed by atoms with Crippen molar-refractivity contribution in [1.82, 2.24) is 4.98 Å². The Hall–Kier alpha value is -1.55. The highest BCUT2D eigenvalue weighted by atomic mass is 35.5. The first-order valence-electron chi connectivity index (χ1n) is 3.52. The van der Waals surface area contributed by atoms with Crippen molar-refractivity contribution in [3.8, 4) is 17.9 Å². The third-order valence-electron chi connectivity index (χ3n) is 1.29. The van der Waals surface area contributed by atoms with Gasteiger partial charge >= 0.3 is 0 Å². The number of halogens is 1. The summed E-state index contributed by atoms with van der Waals surface area (Å²) in [6, 6.07) is 3.50. The fraction of sp³-hybridized carbons (Fsp3) is 0.111. The molecule has 0 amide bonds. The third-order valence-corrected chi connectivity index (χ3v) is 1.60. The molecule has 0 unspecified atom stereocenters. The van der Waals surface area contributed by atoms with Crippen molar-refractivity contribution in [2.75, 3.05) is 6.54 Å². The number of pyridine rings is 1. The summed E-state index contributed by atoms with van der Waals surface area (Å²) in [4.78, 5) is 3.80. The molecule has 1 aromatic rings. The van der Waals surface area contributed by atoms with Crippen LogP contribution in [-0.2, 0) is 0 Å². The molecule has 0 saturated carbocycles. The van der Waals surface area contributed by atoms with E-state index in [1.165, 1.54) is 6.20 Å². The number of rotatable bonds is 0. The maximum absolute atomic E-state index is 8.62. The maximum Gasteiger partial charge on any atom is 0.146 e. The molecule has 0 spiro atoms. The van der Waals surface area contributed by atoms with E-state index in [0.29, 0.717) is 11.1 Å². The minimum absolute atomic E-state index is 0.195. The zero-order valence-corrected chi connectivity index (χ0v) is 7.47. The van der Waals surface area contributed by atoms with Crippen molar-refractivity contribution in [2.45, 2.75) is 0 Å². The summed E-state index contributed by atoms with van der Waals surface area (Å²) >= 11 is 5.62. The average molecular weight is 192 g/mol. The largest absolute Gasteiger partial charge is 0.320 e. The Morgan fingerprint density at radius 2 is 2.38 bits per heavy atom. The lowest BCUT2D eigenvalue weighted by atomic mass is 10.2. The van der Waals surface area contributed by atoms with Crippen LogP contribution in [0.5, 0.6) is 0 Å². The summed E-state index contributed by atoms with van der Waals surface area (Å²) in [5, 5.41) is 8.82. The predicted octanol–water partition coefficient (Wildman–Crippen LogP) is 0.917. The van der Waals surface area contributed by atoms with Gasteiger partial charge in [-0.3, -0.25) is 0 Å². The molecule has 13 heavy (non-hydrogen) atoms. The first-order chi connectivity index (χ1) is 6.27. The van der Waals surface area contributed by atoms with Gasteiger partial charge in [0.15, 0.2) is 0 Å². The topological polar surface area (TPSA) is 62.7 Å². The van der Waals surface area contributed by atoms with Gasteiger partial charge in [-0.15, -0.1) is 0 Å². The molecule has 1 heterocycles. The van der Waals surface area contributed by atoms with Gasteiger partial charge in [0.25, 0.3) is 0 Å². The van der Waals surface area contributed by atoms with E-state index in [1.54, 1.807) is 6.07 Å². The van der Waals surface area contributed by atoms with Crippen LogP contribution in [0.2, 0.25) is 5.15 Å². The molecule has 64 valence electrons. The molecule has 0 saturated heterocycles. The Morgan fingerprint density at radius 3 is 3.00 bits per heavy atom. The Labute approximate surface area is 81.1 Å². The van der Waals surface area contributed by atoms with E-state index in [9.17, 15) is 0 Å². The van der Waals surface area contributed by atoms with Gasteiger partial charge in [-0.25, -0.2) is 4.98 Å². The number of aromatic nitrogens is 1. The molecule has 0 aromatic carbocycles. The molecular formula is C9H6ClN3. The fourth-order valence-electron chi connectivity index (χ4n) is 0.748. The molecule has 0 bridgehead atoms. The van der Waals surface area contributed by atoms with Gasteiger partial charge in [-0.2, -0.15) is 5.26 Å². The van der Waals surface area contributed by atoms with Crippen molar-refractivity contribution in [1.29, 1.82) is 5.26 Å². The first kappa shape index (κ1) is 9.54. The molecule has 4 heteroatoms. The van der Waals surface area contributed by atoms with Crippen molar-refractivity contribution in [3.63, 3.8) is 0 Å². The monoisotopic (exact) mass is 191 g/mol. The van der Waals surface area contributed by atoms with Crippen LogP contribution in [0.25, 0.3) is 0 Å². The van der Waals surface area contributed by atoms with Gasteiger partial charge in [0, 0.05) is 11.8 Å². The van der Waals surface area contributed by atoms with Gasteiger partial charge in [0.2, 0.25) is 0 Å². The van der Waals surface area contributed by atoms with Crippen LogP contribution in [0, 0.1) is 23.2 Å². The summed E-state index contributed by atoms with van der Waals surface area (Å²) in [7, 11) is 0. The molecule has 3 nitrogen and oxygen atoms in total. The van der Waals surface area contributed by atoms with Gasteiger partial charge in [-0.1, -0.05) is 23.4 Å². The number of hydrogen-bond donors (Lipinski definition) is 1. The standard InChI is InChI=1S/C9H6ClN3/c10-9-8(5-12)4-7(6-13-9)2-1-3-11/h4,6H,3,11H2. The second-order valence-electron chi connectivity index (χ2n) is 2.18. The SMILES string of the molecule is N#Cc1cc(C#CCN)cnc1Cl. The molecule has 0 fully saturated rings. The molecule has 1 rings (SSSR count). The van der Waals surface area contributed by atoms with Gasteiger partial charge < -0.3 is 5.73 Å². The summed E-state index contributed by atoms with van der Waals surface area (Å²) in [5.41, 5.74) is 6.16. The predicted molar refractivity (Wildman–Crippen MR) is 49.9 cm³/mol. The van der Waals surface area contributed by atoms with Crippen molar-refractivity contribution >= 4 is 11.6 Å². The van der Waals surface area contributed by atoms with E-state index < -0.39 is 0 Å². The minimum atomic E-state index is 0.195. The van der Waals surface area contributed by atoms with Crippen molar-refractivity contribution in [3.05, 3.63) is 28.5 Å². The van der Waals surface area contributed by atoms with E-state index in [4.69, 9.17) is 22.6 Å². The van der Waals surface area contributed by atoms with Crippen LogP contribution < -0.4 is 5.73 Å². The van der Waals surface area contributed by atoms with Crippen molar-refractivity contribution < 1.29 is 0 Å². The molecule has 1 aromatic heterocycles. The lowest BCUT2D eigenvalue weighted by molar-refractivity contribution is 1.28. The highest BCUT2D eigenvalue weighted by Crippen LogP contribution is 2.11. The molecule has 0 aliphatic carbocycles. The lowest BCUT2D eigenvalue weighted by Crippen LogP contribution is -1.93. The molecule has 2 N–H and O–H groups in total. The van der Waals surface area contributed by atoms with Crippen molar-refractivity contribution in [2.24, 2.45) is 5.73 Å². The summed E-state index contributed by atoms with van der Waals surface area (Å²) in [6.45, 7) is 0.282. The first-order valence-corrected chi connectivity index (χ1v) is 3.90. The van der Waals surface area contributed by atoms with E-state index in [-0.39, 0.29) is 11.7 Å². The smallest absolute Gasteiger partial charge is 0.146 e. The highest BCUT2D eigenvalue weighted by molar-refractivity contribution is 6.30. The summed E-state index contributed by atoms with van der Waals surface area (Å²) in [6.07, 6.45) is 1.51. The highest BCUT2D eigenvalue weighted by Gasteiger charge is 1.99. The molecule has 0 atom stereocenters. The Kier molecular flexibility index (Phi) is 3.28. The second kappa shape index (κ2) is 4.47. The summed E-state index contributed by atoms with van der Waals surface area (Å²) < 4.78 is 0. The van der Waals surface area contributed by atoms with E-state index in [1.807, 2.05) is 6.07 Å². The molecule has 0 aliphatic heterocycles. The van der Waals surface area contributed by atoms with Gasteiger partial charge in [0.1, 0.15) is 11.2 Å². The van der Waals surface area contributed by atoms with E-state index >= 15 is 0 Å². The normalized spacial score (nSPS) is 8.38. The van der Waals surface area contributed by atoms with Crippen LogP contribution in [0.15, 0.2) is 12.3 Å². The Balaban J connectivity index is 3.08. The zero-order chi connectivity index (χ0) is 9.68. The fourth-order valence-corrected chi connectivity index (χ4v) is 0.894. The summed E-state index contributed by atoms with van der Waals surface area (Å²) in [5.74, 6) is 5.42. The van der Waals surface area contributed by atoms with Crippen LogP contribution in [-0.4, -0.2) is 11.5 Å². The maximum atomic E-state index is 8.62. The number of hydrogen-bond acceptors (Lipinski definition) is 3. The minimum Gasteiger partial charge on any atom is -0.320 e. The van der Waals surface area contributed by atoms with Crippen LogP contribution in [0.1, 0.15) is 11.1 Å². The Morgan fingerprint density at radius 1 is 1.62 bits per heavy atom. The quantitative estimate of drug-likeness (QED) is 0.490. The zero-order valence-electron chi connectivity index (χ0n) is 6.71. The van der Waals surface area contributed by atoms with Crippen LogP contribution >= 0.6 is 11.6 Å². The third kappa shape index (κ3) is 2.45. The van der Waals surface area contributed by atoms with E-state index in [2.05, 4.69) is 16.8 Å². The molecule has 0 aliphatic rings.